The number of anilines is 1. The lowest BCUT2D eigenvalue weighted by Gasteiger charge is -2.09. The lowest BCUT2D eigenvalue weighted by molar-refractivity contribution is 0.525. The van der Waals surface area contributed by atoms with Crippen LogP contribution < -0.4 is 5.73 Å². The van der Waals surface area contributed by atoms with Crippen LogP contribution in [0.2, 0.25) is 0 Å². The zero-order chi connectivity index (χ0) is 12.7. The predicted octanol–water partition coefficient (Wildman–Crippen LogP) is 2.73. The molecule has 2 aromatic heterocycles. The molecule has 96 valence electrons. The summed E-state index contributed by atoms with van der Waals surface area (Å²) in [6, 6.07) is 0. The fourth-order valence-corrected chi connectivity index (χ4v) is 3.80. The summed E-state index contributed by atoms with van der Waals surface area (Å²) in [5.41, 5.74) is 8.74. The molecule has 1 aliphatic rings. The number of nitrogen functional groups attached to an aromatic ring is 1. The van der Waals surface area contributed by atoms with E-state index in [0.717, 1.165) is 29.4 Å². The first-order valence-corrected chi connectivity index (χ1v) is 7.26. The standard InChI is InChI=1S/C13H18N4S/c1-8(2)6-17-7-15-16-13(17)11-9-4-3-5-10(9)18-12(11)14/h7-8H,3-6,14H2,1-2H3. The average Bonchev–Trinajstić information content (AvgIpc) is 2.94. The Morgan fingerprint density at radius 3 is 3.06 bits per heavy atom. The van der Waals surface area contributed by atoms with Gasteiger partial charge in [0, 0.05) is 11.4 Å². The third kappa shape index (κ3) is 1.82. The summed E-state index contributed by atoms with van der Waals surface area (Å²) < 4.78 is 2.13. The van der Waals surface area contributed by atoms with Gasteiger partial charge in [0.2, 0.25) is 0 Å². The topological polar surface area (TPSA) is 56.7 Å². The molecule has 0 saturated heterocycles. The van der Waals surface area contributed by atoms with E-state index in [1.54, 1.807) is 11.3 Å². The Kier molecular flexibility index (Phi) is 2.86. The maximum Gasteiger partial charge on any atom is 0.167 e. The van der Waals surface area contributed by atoms with E-state index in [9.17, 15) is 0 Å². The van der Waals surface area contributed by atoms with Gasteiger partial charge in [0.15, 0.2) is 5.82 Å². The van der Waals surface area contributed by atoms with Crippen LogP contribution in [0.1, 0.15) is 30.7 Å². The highest BCUT2D eigenvalue weighted by atomic mass is 32.1. The van der Waals surface area contributed by atoms with Crippen LogP contribution in [0.3, 0.4) is 0 Å². The lowest BCUT2D eigenvalue weighted by atomic mass is 10.1. The number of nitrogens with zero attached hydrogens (tertiary/aromatic N) is 3. The van der Waals surface area contributed by atoms with Crippen molar-refractivity contribution in [2.75, 3.05) is 5.73 Å². The van der Waals surface area contributed by atoms with Crippen molar-refractivity contribution in [2.45, 2.75) is 39.7 Å². The Morgan fingerprint density at radius 1 is 1.44 bits per heavy atom. The lowest BCUT2D eigenvalue weighted by Crippen LogP contribution is -2.06. The number of nitrogens with two attached hydrogens (primary N) is 1. The molecule has 1 aliphatic carbocycles. The van der Waals surface area contributed by atoms with Crippen LogP contribution in [-0.2, 0) is 19.4 Å². The third-order valence-electron chi connectivity index (χ3n) is 3.35. The van der Waals surface area contributed by atoms with Crippen molar-refractivity contribution in [3.8, 4) is 11.4 Å². The quantitative estimate of drug-likeness (QED) is 0.925. The summed E-state index contributed by atoms with van der Waals surface area (Å²) in [5.74, 6) is 1.52. The predicted molar refractivity (Wildman–Crippen MR) is 74.6 cm³/mol. The van der Waals surface area contributed by atoms with Crippen LogP contribution in [0.25, 0.3) is 11.4 Å². The Hall–Kier alpha value is -1.36. The number of thiophene rings is 1. The Balaban J connectivity index is 2.07. The van der Waals surface area contributed by atoms with Crippen molar-refractivity contribution in [3.63, 3.8) is 0 Å². The van der Waals surface area contributed by atoms with E-state index in [1.807, 2.05) is 6.33 Å². The van der Waals surface area contributed by atoms with Crippen LogP contribution in [0.5, 0.6) is 0 Å². The van der Waals surface area contributed by atoms with Crippen molar-refractivity contribution in [3.05, 3.63) is 16.8 Å². The second-order valence-electron chi connectivity index (χ2n) is 5.30. The van der Waals surface area contributed by atoms with Crippen molar-refractivity contribution in [2.24, 2.45) is 5.92 Å². The third-order valence-corrected chi connectivity index (χ3v) is 4.47. The van der Waals surface area contributed by atoms with Gasteiger partial charge in [-0.15, -0.1) is 21.5 Å². The molecule has 2 N–H and O–H groups in total. The largest absolute Gasteiger partial charge is 0.390 e. The monoisotopic (exact) mass is 262 g/mol. The van der Waals surface area contributed by atoms with Gasteiger partial charge in [0.1, 0.15) is 6.33 Å². The summed E-state index contributed by atoms with van der Waals surface area (Å²) >= 11 is 1.73. The number of aromatic nitrogens is 3. The number of hydrogen-bond donors (Lipinski definition) is 1. The first kappa shape index (κ1) is 11.7. The minimum absolute atomic E-state index is 0.577. The molecule has 2 heterocycles. The maximum absolute atomic E-state index is 6.18. The maximum atomic E-state index is 6.18. The zero-order valence-electron chi connectivity index (χ0n) is 10.8. The smallest absolute Gasteiger partial charge is 0.167 e. The van der Waals surface area contributed by atoms with E-state index >= 15 is 0 Å². The van der Waals surface area contributed by atoms with Gasteiger partial charge in [0.05, 0.1) is 10.6 Å². The summed E-state index contributed by atoms with van der Waals surface area (Å²) in [6.45, 7) is 5.34. The molecule has 0 fully saturated rings. The molecule has 0 radical (unpaired) electrons. The average molecular weight is 262 g/mol. The van der Waals surface area contributed by atoms with Gasteiger partial charge in [-0.05, 0) is 30.7 Å². The number of rotatable bonds is 3. The molecule has 0 atom stereocenters. The van der Waals surface area contributed by atoms with Crippen LogP contribution in [0.4, 0.5) is 5.00 Å². The molecule has 0 saturated carbocycles. The minimum atomic E-state index is 0.577. The molecule has 3 rings (SSSR count). The zero-order valence-corrected chi connectivity index (χ0v) is 11.6. The van der Waals surface area contributed by atoms with Gasteiger partial charge < -0.3 is 10.3 Å². The number of fused-ring (bicyclic) bond motifs is 1. The van der Waals surface area contributed by atoms with E-state index in [2.05, 4.69) is 28.6 Å². The van der Waals surface area contributed by atoms with Crippen molar-refractivity contribution < 1.29 is 0 Å². The van der Waals surface area contributed by atoms with Gasteiger partial charge in [-0.3, -0.25) is 0 Å². The van der Waals surface area contributed by atoms with Crippen molar-refractivity contribution in [1.82, 2.24) is 14.8 Å². The van der Waals surface area contributed by atoms with Gasteiger partial charge in [-0.1, -0.05) is 13.8 Å². The first-order valence-electron chi connectivity index (χ1n) is 6.45. The summed E-state index contributed by atoms with van der Waals surface area (Å²) in [6.07, 6.45) is 5.36. The van der Waals surface area contributed by atoms with Crippen molar-refractivity contribution in [1.29, 1.82) is 0 Å². The molecule has 2 aromatic rings. The van der Waals surface area contributed by atoms with Crippen LogP contribution in [0.15, 0.2) is 6.33 Å². The van der Waals surface area contributed by atoms with Gasteiger partial charge in [0.25, 0.3) is 0 Å². The summed E-state index contributed by atoms with van der Waals surface area (Å²) in [5, 5.41) is 9.25. The van der Waals surface area contributed by atoms with Crippen LogP contribution in [0, 0.1) is 5.92 Å². The molecule has 0 aliphatic heterocycles. The molecule has 5 heteroatoms. The Bertz CT molecular complexity index is 568. The van der Waals surface area contributed by atoms with Crippen LogP contribution in [-0.4, -0.2) is 14.8 Å². The summed E-state index contributed by atoms with van der Waals surface area (Å²) in [4.78, 5) is 1.45. The van der Waals surface area contributed by atoms with Crippen molar-refractivity contribution >= 4 is 16.3 Å². The van der Waals surface area contributed by atoms with Gasteiger partial charge in [-0.25, -0.2) is 0 Å². The van der Waals surface area contributed by atoms with E-state index in [-0.39, 0.29) is 0 Å². The Morgan fingerprint density at radius 2 is 2.28 bits per heavy atom. The van der Waals surface area contributed by atoms with Crippen LogP contribution >= 0.6 is 11.3 Å². The highest BCUT2D eigenvalue weighted by Gasteiger charge is 2.24. The van der Waals surface area contributed by atoms with Gasteiger partial charge >= 0.3 is 0 Å². The first-order chi connectivity index (χ1) is 8.66. The molecule has 0 spiro atoms. The van der Waals surface area contributed by atoms with Gasteiger partial charge in [-0.2, -0.15) is 0 Å². The highest BCUT2D eigenvalue weighted by molar-refractivity contribution is 7.16. The second kappa shape index (κ2) is 4.39. The van der Waals surface area contributed by atoms with E-state index in [0.29, 0.717) is 5.92 Å². The molecular weight excluding hydrogens is 244 g/mol. The molecular formula is C13H18N4S. The molecule has 0 bridgehead atoms. The molecule has 0 amide bonds. The molecule has 18 heavy (non-hydrogen) atoms. The summed E-state index contributed by atoms with van der Waals surface area (Å²) in [7, 11) is 0. The fourth-order valence-electron chi connectivity index (χ4n) is 2.65. The van der Waals surface area contributed by atoms with E-state index in [4.69, 9.17) is 5.73 Å². The van der Waals surface area contributed by atoms with E-state index < -0.39 is 0 Å². The normalized spacial score (nSPS) is 14.4. The second-order valence-corrected chi connectivity index (χ2v) is 6.43. The molecule has 0 aromatic carbocycles. The number of aryl methyl sites for hydroxylation is 1. The molecule has 4 nitrogen and oxygen atoms in total. The highest BCUT2D eigenvalue weighted by Crippen LogP contribution is 2.42. The molecule has 0 unspecified atom stereocenters. The Labute approximate surface area is 111 Å². The van der Waals surface area contributed by atoms with E-state index in [1.165, 1.54) is 23.3 Å². The fraction of sp³-hybridized carbons (Fsp3) is 0.538. The SMILES string of the molecule is CC(C)Cn1cnnc1-c1c(N)sc2c1CCC2. The minimum Gasteiger partial charge on any atom is -0.390 e. The number of hydrogen-bond acceptors (Lipinski definition) is 4.